The van der Waals surface area contributed by atoms with E-state index >= 15 is 0 Å². The van der Waals surface area contributed by atoms with Gasteiger partial charge in [-0.1, -0.05) is 36.4 Å². The van der Waals surface area contributed by atoms with Crippen molar-refractivity contribution in [2.75, 3.05) is 16.4 Å². The van der Waals surface area contributed by atoms with Crippen LogP contribution in [0.3, 0.4) is 0 Å². The molecule has 6 nitrogen and oxygen atoms in total. The highest BCUT2D eigenvalue weighted by Gasteiger charge is 2.32. The second-order valence-corrected chi connectivity index (χ2v) is 6.27. The summed E-state index contributed by atoms with van der Waals surface area (Å²) < 4.78 is 38.1. The Morgan fingerprint density at radius 2 is 1.80 bits per heavy atom. The first kappa shape index (κ1) is 20.8. The lowest BCUT2D eigenvalue weighted by Gasteiger charge is -2.08. The Hall–Kier alpha value is -3.88. The SMILES string of the molecule is Nc1ccccc1NC(=O)/C=C/c1ccc(CNc2nccc(C(F)(F)F)n2)cc1. The number of amides is 1. The number of anilines is 3. The summed E-state index contributed by atoms with van der Waals surface area (Å²) >= 11 is 0. The molecule has 4 N–H and O–H groups in total. The first-order chi connectivity index (χ1) is 14.3. The van der Waals surface area contributed by atoms with E-state index < -0.39 is 11.9 Å². The van der Waals surface area contributed by atoms with Gasteiger partial charge in [-0.3, -0.25) is 4.79 Å². The highest BCUT2D eigenvalue weighted by atomic mass is 19.4. The molecule has 30 heavy (non-hydrogen) atoms. The maximum Gasteiger partial charge on any atom is 0.433 e. The zero-order valence-corrected chi connectivity index (χ0v) is 15.6. The highest BCUT2D eigenvalue weighted by molar-refractivity contribution is 6.03. The van der Waals surface area contributed by atoms with E-state index in [-0.39, 0.29) is 18.4 Å². The normalized spacial score (nSPS) is 11.4. The van der Waals surface area contributed by atoms with Crippen LogP contribution in [-0.2, 0) is 17.5 Å². The van der Waals surface area contributed by atoms with Crippen LogP contribution < -0.4 is 16.4 Å². The fourth-order valence-electron chi connectivity index (χ4n) is 2.49. The van der Waals surface area contributed by atoms with Gasteiger partial charge in [-0.05, 0) is 35.4 Å². The molecule has 1 aromatic heterocycles. The van der Waals surface area contributed by atoms with Gasteiger partial charge in [0.05, 0.1) is 11.4 Å². The molecular weight excluding hydrogens is 395 g/mol. The van der Waals surface area contributed by atoms with E-state index in [1.54, 1.807) is 54.6 Å². The quantitative estimate of drug-likeness (QED) is 0.413. The number of rotatable bonds is 6. The van der Waals surface area contributed by atoms with Crippen LogP contribution in [0.2, 0.25) is 0 Å². The van der Waals surface area contributed by atoms with Crippen molar-refractivity contribution in [3.05, 3.63) is 83.7 Å². The van der Waals surface area contributed by atoms with E-state index in [0.29, 0.717) is 11.4 Å². The Balaban J connectivity index is 1.55. The van der Waals surface area contributed by atoms with Crippen LogP contribution in [0.15, 0.2) is 66.9 Å². The molecule has 154 valence electrons. The molecule has 1 amide bonds. The topological polar surface area (TPSA) is 92.9 Å². The zero-order valence-electron chi connectivity index (χ0n) is 15.6. The molecule has 0 atom stereocenters. The highest BCUT2D eigenvalue weighted by Crippen LogP contribution is 2.27. The van der Waals surface area contributed by atoms with E-state index in [2.05, 4.69) is 20.6 Å². The fraction of sp³-hybridized carbons (Fsp3) is 0.0952. The minimum Gasteiger partial charge on any atom is -0.397 e. The summed E-state index contributed by atoms with van der Waals surface area (Å²) in [6.45, 7) is 0.249. The van der Waals surface area contributed by atoms with Crippen LogP contribution >= 0.6 is 0 Å². The van der Waals surface area contributed by atoms with Crippen molar-refractivity contribution >= 4 is 29.3 Å². The summed E-state index contributed by atoms with van der Waals surface area (Å²) in [5, 5.41) is 5.45. The molecule has 0 unspecified atom stereocenters. The summed E-state index contributed by atoms with van der Waals surface area (Å²) in [7, 11) is 0. The summed E-state index contributed by atoms with van der Waals surface area (Å²) in [5.41, 5.74) is 7.38. The van der Waals surface area contributed by atoms with Crippen molar-refractivity contribution in [3.8, 4) is 0 Å². The van der Waals surface area contributed by atoms with Crippen LogP contribution in [0.1, 0.15) is 16.8 Å². The number of aromatic nitrogens is 2. The van der Waals surface area contributed by atoms with Gasteiger partial charge in [-0.2, -0.15) is 13.2 Å². The van der Waals surface area contributed by atoms with Crippen LogP contribution in [0.5, 0.6) is 0 Å². The molecule has 0 aliphatic rings. The number of carbonyl (C=O) groups is 1. The molecule has 3 aromatic rings. The number of nitrogens with zero attached hydrogens (tertiary/aromatic N) is 2. The molecule has 3 rings (SSSR count). The maximum atomic E-state index is 12.7. The van der Waals surface area contributed by atoms with Crippen molar-refractivity contribution < 1.29 is 18.0 Å². The van der Waals surface area contributed by atoms with Gasteiger partial charge in [-0.15, -0.1) is 0 Å². The third kappa shape index (κ3) is 5.81. The number of hydrogen-bond acceptors (Lipinski definition) is 5. The molecule has 2 aromatic carbocycles. The van der Waals surface area contributed by atoms with Crippen LogP contribution in [0, 0.1) is 0 Å². The number of benzene rings is 2. The number of nitrogens with two attached hydrogens (primary N) is 1. The Bertz CT molecular complexity index is 1050. The number of nitrogens with one attached hydrogen (secondary N) is 2. The number of halogens is 3. The van der Waals surface area contributed by atoms with Crippen molar-refractivity contribution in [1.29, 1.82) is 0 Å². The zero-order chi connectivity index (χ0) is 21.6. The Morgan fingerprint density at radius 1 is 1.07 bits per heavy atom. The Labute approximate surface area is 170 Å². The third-order valence-electron chi connectivity index (χ3n) is 4.02. The van der Waals surface area contributed by atoms with E-state index in [4.69, 9.17) is 5.73 Å². The molecule has 0 spiro atoms. The van der Waals surface area contributed by atoms with Crippen LogP contribution in [0.4, 0.5) is 30.5 Å². The molecular formula is C21H18F3N5O. The smallest absolute Gasteiger partial charge is 0.397 e. The van der Waals surface area contributed by atoms with Gasteiger partial charge in [0.1, 0.15) is 5.69 Å². The molecule has 0 aliphatic heterocycles. The summed E-state index contributed by atoms with van der Waals surface area (Å²) in [4.78, 5) is 19.2. The van der Waals surface area contributed by atoms with E-state index in [9.17, 15) is 18.0 Å². The van der Waals surface area contributed by atoms with Crippen molar-refractivity contribution in [1.82, 2.24) is 9.97 Å². The number of para-hydroxylation sites is 2. The van der Waals surface area contributed by atoms with Gasteiger partial charge >= 0.3 is 6.18 Å². The molecule has 0 bridgehead atoms. The minimum absolute atomic E-state index is 0.106. The second kappa shape index (κ2) is 9.08. The van der Waals surface area contributed by atoms with E-state index in [1.807, 2.05) is 0 Å². The first-order valence-corrected chi connectivity index (χ1v) is 8.88. The van der Waals surface area contributed by atoms with Gasteiger partial charge < -0.3 is 16.4 Å². The lowest BCUT2D eigenvalue weighted by Crippen LogP contribution is -2.11. The Kier molecular flexibility index (Phi) is 6.31. The molecule has 0 aliphatic carbocycles. The van der Waals surface area contributed by atoms with Gasteiger partial charge in [-0.25, -0.2) is 9.97 Å². The lowest BCUT2D eigenvalue weighted by molar-refractivity contribution is -0.141. The van der Waals surface area contributed by atoms with E-state index in [1.165, 1.54) is 6.08 Å². The van der Waals surface area contributed by atoms with Gasteiger partial charge in [0, 0.05) is 18.8 Å². The number of nitrogen functional groups attached to an aromatic ring is 1. The number of carbonyl (C=O) groups excluding carboxylic acids is 1. The van der Waals surface area contributed by atoms with Crippen molar-refractivity contribution in [3.63, 3.8) is 0 Å². The molecule has 0 saturated heterocycles. The molecule has 1 heterocycles. The predicted octanol–water partition coefficient (Wildman–Crippen LogP) is 4.34. The summed E-state index contributed by atoms with van der Waals surface area (Å²) in [6, 6.07) is 14.9. The minimum atomic E-state index is -4.52. The van der Waals surface area contributed by atoms with Crippen LogP contribution in [0.25, 0.3) is 6.08 Å². The second-order valence-electron chi connectivity index (χ2n) is 6.27. The van der Waals surface area contributed by atoms with Crippen molar-refractivity contribution in [2.45, 2.75) is 12.7 Å². The molecule has 0 fully saturated rings. The first-order valence-electron chi connectivity index (χ1n) is 8.88. The largest absolute Gasteiger partial charge is 0.433 e. The van der Waals surface area contributed by atoms with Crippen molar-refractivity contribution in [2.24, 2.45) is 0 Å². The lowest BCUT2D eigenvalue weighted by atomic mass is 10.1. The number of hydrogen-bond donors (Lipinski definition) is 3. The summed E-state index contributed by atoms with van der Waals surface area (Å²) in [5.74, 6) is -0.425. The van der Waals surface area contributed by atoms with Gasteiger partial charge in [0.15, 0.2) is 0 Å². The Morgan fingerprint density at radius 3 is 2.50 bits per heavy atom. The molecule has 9 heteroatoms. The number of alkyl halides is 3. The fourth-order valence-corrected chi connectivity index (χ4v) is 2.49. The molecule has 0 radical (unpaired) electrons. The average Bonchev–Trinajstić information content (AvgIpc) is 2.73. The maximum absolute atomic E-state index is 12.7. The molecule has 0 saturated carbocycles. The average molecular weight is 413 g/mol. The standard InChI is InChI=1S/C21H18F3N5O/c22-21(23,24)18-11-12-26-20(29-18)27-13-15-7-5-14(6-8-15)9-10-19(30)28-17-4-2-1-3-16(17)25/h1-12H,13,25H2,(H,28,30)(H,26,27,29)/b10-9+. The van der Waals surface area contributed by atoms with Gasteiger partial charge in [0.2, 0.25) is 11.9 Å². The monoisotopic (exact) mass is 413 g/mol. The van der Waals surface area contributed by atoms with Crippen LogP contribution in [-0.4, -0.2) is 15.9 Å². The van der Waals surface area contributed by atoms with E-state index in [0.717, 1.165) is 23.4 Å². The van der Waals surface area contributed by atoms with Gasteiger partial charge in [0.25, 0.3) is 0 Å². The third-order valence-corrected chi connectivity index (χ3v) is 4.02. The predicted molar refractivity (Wildman–Crippen MR) is 109 cm³/mol. The summed E-state index contributed by atoms with van der Waals surface area (Å²) in [6.07, 6.45) is -0.441.